The molecule has 7 heteroatoms. The van der Waals surface area contributed by atoms with Crippen LogP contribution in [0.15, 0.2) is 48.5 Å². The highest BCUT2D eigenvalue weighted by Crippen LogP contribution is 2.24. The van der Waals surface area contributed by atoms with E-state index in [1.807, 2.05) is 29.2 Å². The number of anilines is 1. The molecule has 1 aliphatic rings. The first-order chi connectivity index (χ1) is 13.5. The molecule has 1 atom stereocenters. The number of nitro groups is 1. The van der Waals surface area contributed by atoms with Crippen LogP contribution in [0.25, 0.3) is 0 Å². The van der Waals surface area contributed by atoms with E-state index in [-0.39, 0.29) is 17.5 Å². The molecule has 0 radical (unpaired) electrons. The second-order valence-electron chi connectivity index (χ2n) is 7.02. The summed E-state index contributed by atoms with van der Waals surface area (Å²) >= 11 is 0. The van der Waals surface area contributed by atoms with Crippen LogP contribution in [0.3, 0.4) is 0 Å². The summed E-state index contributed by atoms with van der Waals surface area (Å²) < 4.78 is 5.18. The van der Waals surface area contributed by atoms with E-state index in [1.165, 1.54) is 12.1 Å². The van der Waals surface area contributed by atoms with Gasteiger partial charge in [0.2, 0.25) is 5.91 Å². The summed E-state index contributed by atoms with van der Waals surface area (Å²) in [5.41, 5.74) is 2.16. The number of rotatable bonds is 6. The molecule has 1 aliphatic heterocycles. The zero-order valence-electron chi connectivity index (χ0n) is 16.2. The van der Waals surface area contributed by atoms with Gasteiger partial charge < -0.3 is 14.5 Å². The molecule has 0 aromatic heterocycles. The van der Waals surface area contributed by atoms with Crippen molar-refractivity contribution >= 4 is 17.3 Å². The predicted molar refractivity (Wildman–Crippen MR) is 108 cm³/mol. The minimum absolute atomic E-state index is 0.0880. The van der Waals surface area contributed by atoms with Gasteiger partial charge in [-0.3, -0.25) is 14.9 Å². The molecule has 3 rings (SSSR count). The van der Waals surface area contributed by atoms with Gasteiger partial charge in [-0.2, -0.15) is 0 Å². The predicted octanol–water partition coefficient (Wildman–Crippen LogP) is 3.45. The summed E-state index contributed by atoms with van der Waals surface area (Å²) in [6, 6.07) is 14.4. The van der Waals surface area contributed by atoms with E-state index >= 15 is 0 Å². The van der Waals surface area contributed by atoms with Gasteiger partial charge in [-0.1, -0.05) is 19.1 Å². The fourth-order valence-corrected chi connectivity index (χ4v) is 3.44. The van der Waals surface area contributed by atoms with Crippen molar-refractivity contribution in [3.63, 3.8) is 0 Å². The topological polar surface area (TPSA) is 75.9 Å². The van der Waals surface area contributed by atoms with Crippen molar-refractivity contribution in [3.05, 3.63) is 64.2 Å². The highest BCUT2D eigenvalue weighted by atomic mass is 16.6. The fraction of sp³-hybridized carbons (Fsp3) is 0.381. The Morgan fingerprint density at radius 2 is 1.68 bits per heavy atom. The number of nitro benzene ring substituents is 1. The molecule has 0 saturated carbocycles. The number of non-ortho nitro benzene ring substituents is 1. The van der Waals surface area contributed by atoms with E-state index in [2.05, 4.69) is 11.8 Å². The third-order valence-corrected chi connectivity index (χ3v) is 5.22. The normalized spacial score (nSPS) is 15.2. The SMILES string of the molecule is COc1ccc(C(C)CC(=O)N2CCN(c3ccc([N+](=O)[O-])cc3)CC2)cc1. The van der Waals surface area contributed by atoms with Crippen molar-refractivity contribution in [3.8, 4) is 5.75 Å². The maximum absolute atomic E-state index is 12.7. The molecule has 148 valence electrons. The van der Waals surface area contributed by atoms with Crippen molar-refractivity contribution < 1.29 is 14.5 Å². The number of carbonyl (C=O) groups is 1. The van der Waals surface area contributed by atoms with E-state index in [0.717, 1.165) is 30.1 Å². The summed E-state index contributed by atoms with van der Waals surface area (Å²) in [5.74, 6) is 1.11. The number of nitrogens with zero attached hydrogens (tertiary/aromatic N) is 3. The summed E-state index contributed by atoms with van der Waals surface area (Å²) in [7, 11) is 1.64. The zero-order valence-corrected chi connectivity index (χ0v) is 16.2. The van der Waals surface area contributed by atoms with Gasteiger partial charge in [0.1, 0.15) is 5.75 Å². The van der Waals surface area contributed by atoms with Crippen LogP contribution in [0.1, 0.15) is 24.8 Å². The molecule has 1 amide bonds. The molecule has 1 saturated heterocycles. The lowest BCUT2D eigenvalue weighted by atomic mass is 9.97. The molecule has 28 heavy (non-hydrogen) atoms. The lowest BCUT2D eigenvalue weighted by Gasteiger charge is -2.36. The van der Waals surface area contributed by atoms with Gasteiger partial charge >= 0.3 is 0 Å². The summed E-state index contributed by atoms with van der Waals surface area (Å²) in [5, 5.41) is 10.8. The molecular formula is C21H25N3O4. The average molecular weight is 383 g/mol. The van der Waals surface area contributed by atoms with Crippen molar-refractivity contribution in [2.24, 2.45) is 0 Å². The Kier molecular flexibility index (Phi) is 6.13. The summed E-state index contributed by atoms with van der Waals surface area (Å²) in [6.45, 7) is 4.82. The van der Waals surface area contributed by atoms with Crippen LogP contribution in [0, 0.1) is 10.1 Å². The number of ether oxygens (including phenoxy) is 1. The molecular weight excluding hydrogens is 358 g/mol. The largest absolute Gasteiger partial charge is 0.497 e. The molecule has 1 fully saturated rings. The van der Waals surface area contributed by atoms with Crippen LogP contribution in [0.4, 0.5) is 11.4 Å². The standard InChI is InChI=1S/C21H25N3O4/c1-16(17-3-9-20(28-2)10-4-17)15-21(25)23-13-11-22(12-14-23)18-5-7-19(8-6-18)24(26)27/h3-10,16H,11-15H2,1-2H3. The third kappa shape index (κ3) is 4.60. The highest BCUT2D eigenvalue weighted by molar-refractivity contribution is 5.77. The first-order valence-electron chi connectivity index (χ1n) is 9.39. The second kappa shape index (κ2) is 8.73. The number of hydrogen-bond acceptors (Lipinski definition) is 5. The van der Waals surface area contributed by atoms with E-state index in [9.17, 15) is 14.9 Å². The summed E-state index contributed by atoms with van der Waals surface area (Å²) in [6.07, 6.45) is 0.476. The van der Waals surface area contributed by atoms with E-state index in [1.54, 1.807) is 19.2 Å². The number of benzene rings is 2. The van der Waals surface area contributed by atoms with Gasteiger partial charge in [0.15, 0.2) is 0 Å². The van der Waals surface area contributed by atoms with Gasteiger partial charge in [-0.05, 0) is 35.7 Å². The lowest BCUT2D eigenvalue weighted by molar-refractivity contribution is -0.384. The Hall–Kier alpha value is -3.09. The van der Waals surface area contributed by atoms with E-state index in [4.69, 9.17) is 4.74 Å². The third-order valence-electron chi connectivity index (χ3n) is 5.22. The molecule has 1 heterocycles. The second-order valence-corrected chi connectivity index (χ2v) is 7.02. The molecule has 0 aliphatic carbocycles. The smallest absolute Gasteiger partial charge is 0.269 e. The minimum atomic E-state index is -0.398. The number of carbonyl (C=O) groups excluding carboxylic acids is 1. The van der Waals surface area contributed by atoms with Crippen molar-refractivity contribution in [2.75, 3.05) is 38.2 Å². The van der Waals surface area contributed by atoms with Crippen molar-refractivity contribution in [2.45, 2.75) is 19.3 Å². The van der Waals surface area contributed by atoms with Crippen molar-refractivity contribution in [1.82, 2.24) is 4.90 Å². The number of piperazine rings is 1. The van der Waals surface area contributed by atoms with Crippen molar-refractivity contribution in [1.29, 1.82) is 0 Å². The molecule has 2 aromatic carbocycles. The number of amides is 1. The van der Waals surface area contributed by atoms with Crippen LogP contribution < -0.4 is 9.64 Å². The number of methoxy groups -OCH3 is 1. The van der Waals surface area contributed by atoms with Crippen LogP contribution in [-0.2, 0) is 4.79 Å². The van der Waals surface area contributed by atoms with Crippen LogP contribution >= 0.6 is 0 Å². The minimum Gasteiger partial charge on any atom is -0.497 e. The molecule has 1 unspecified atom stereocenters. The first-order valence-corrected chi connectivity index (χ1v) is 9.39. The summed E-state index contributed by atoms with van der Waals surface area (Å²) in [4.78, 5) is 27.1. The van der Waals surface area contributed by atoms with E-state index < -0.39 is 4.92 Å². The highest BCUT2D eigenvalue weighted by Gasteiger charge is 2.23. The molecule has 2 aromatic rings. The average Bonchev–Trinajstić information content (AvgIpc) is 2.74. The van der Waals surface area contributed by atoms with Gasteiger partial charge in [0.25, 0.3) is 5.69 Å². The molecule has 0 N–H and O–H groups in total. The number of hydrogen-bond donors (Lipinski definition) is 0. The quantitative estimate of drug-likeness (QED) is 0.564. The van der Waals surface area contributed by atoms with E-state index in [0.29, 0.717) is 19.5 Å². The molecule has 0 spiro atoms. The fourth-order valence-electron chi connectivity index (χ4n) is 3.44. The van der Waals surface area contributed by atoms with Gasteiger partial charge in [-0.25, -0.2) is 0 Å². The van der Waals surface area contributed by atoms with Gasteiger partial charge in [-0.15, -0.1) is 0 Å². The van der Waals surface area contributed by atoms with Gasteiger partial charge in [0, 0.05) is 50.4 Å². The Morgan fingerprint density at radius 1 is 1.07 bits per heavy atom. The van der Waals surface area contributed by atoms with Crippen LogP contribution in [0.2, 0.25) is 0 Å². The Morgan fingerprint density at radius 3 is 2.21 bits per heavy atom. The van der Waals surface area contributed by atoms with Crippen LogP contribution in [0.5, 0.6) is 5.75 Å². The Labute approximate surface area is 164 Å². The van der Waals surface area contributed by atoms with Gasteiger partial charge in [0.05, 0.1) is 12.0 Å². The Bertz CT molecular complexity index is 813. The molecule has 7 nitrogen and oxygen atoms in total. The zero-order chi connectivity index (χ0) is 20.1. The monoisotopic (exact) mass is 383 g/mol. The van der Waals surface area contributed by atoms with Crippen LogP contribution in [-0.4, -0.2) is 49.0 Å². The maximum atomic E-state index is 12.7. The molecule has 0 bridgehead atoms. The Balaban J connectivity index is 1.52. The lowest BCUT2D eigenvalue weighted by Crippen LogP contribution is -2.49. The first kappa shape index (κ1) is 19.7. The maximum Gasteiger partial charge on any atom is 0.269 e.